The number of carbonyl (C=O) groups is 1. The fourth-order valence-corrected chi connectivity index (χ4v) is 2.77. The lowest BCUT2D eigenvalue weighted by Crippen LogP contribution is -2.39. The van der Waals surface area contributed by atoms with E-state index in [9.17, 15) is 9.90 Å². The van der Waals surface area contributed by atoms with E-state index < -0.39 is 0 Å². The summed E-state index contributed by atoms with van der Waals surface area (Å²) in [5.74, 6) is 0.748. The summed E-state index contributed by atoms with van der Waals surface area (Å²) in [5.41, 5.74) is 6.74. The molecule has 4 nitrogen and oxygen atoms in total. The number of phenols is 1. The lowest BCUT2D eigenvalue weighted by molar-refractivity contribution is -0.127. The smallest absolute Gasteiger partial charge is 0.223 e. The molecule has 4 heteroatoms. The zero-order valence-corrected chi connectivity index (χ0v) is 11.1. The van der Waals surface area contributed by atoms with Gasteiger partial charge in [0, 0.05) is 12.5 Å². The summed E-state index contributed by atoms with van der Waals surface area (Å²) in [6, 6.07) is 6.89. The summed E-state index contributed by atoms with van der Waals surface area (Å²) in [5, 5.41) is 12.2. The van der Waals surface area contributed by atoms with E-state index in [1.165, 1.54) is 6.42 Å². The fraction of sp³-hybridized carbons (Fsp3) is 0.533. The average Bonchev–Trinajstić information content (AvgIpc) is 2.46. The van der Waals surface area contributed by atoms with Gasteiger partial charge in [0.05, 0.1) is 0 Å². The first kappa shape index (κ1) is 13.9. The van der Waals surface area contributed by atoms with Crippen LogP contribution in [0.3, 0.4) is 0 Å². The van der Waals surface area contributed by atoms with Crippen LogP contribution in [0.1, 0.15) is 31.2 Å². The third-order valence-corrected chi connectivity index (χ3v) is 3.95. The number of hydrogen-bond donors (Lipinski definition) is 3. The van der Waals surface area contributed by atoms with Crippen LogP contribution in [0.2, 0.25) is 0 Å². The quantitative estimate of drug-likeness (QED) is 0.774. The normalized spacial score (nSPS) is 23.0. The highest BCUT2D eigenvalue weighted by atomic mass is 16.3. The average molecular weight is 262 g/mol. The van der Waals surface area contributed by atoms with Crippen molar-refractivity contribution in [2.45, 2.75) is 32.2 Å². The maximum atomic E-state index is 12.2. The molecule has 19 heavy (non-hydrogen) atoms. The van der Waals surface area contributed by atoms with Crippen LogP contribution in [0.5, 0.6) is 5.75 Å². The summed E-state index contributed by atoms with van der Waals surface area (Å²) < 4.78 is 0. The van der Waals surface area contributed by atoms with Crippen LogP contribution >= 0.6 is 0 Å². The van der Waals surface area contributed by atoms with Gasteiger partial charge in [-0.15, -0.1) is 0 Å². The van der Waals surface area contributed by atoms with Gasteiger partial charge < -0.3 is 16.2 Å². The van der Waals surface area contributed by atoms with Crippen molar-refractivity contribution in [2.24, 2.45) is 17.6 Å². The number of benzene rings is 1. The Morgan fingerprint density at radius 1 is 1.26 bits per heavy atom. The molecule has 2 atom stereocenters. The molecule has 1 amide bonds. The van der Waals surface area contributed by atoms with E-state index in [0.29, 0.717) is 19.0 Å². The van der Waals surface area contributed by atoms with Crippen molar-refractivity contribution < 1.29 is 9.90 Å². The van der Waals surface area contributed by atoms with Crippen molar-refractivity contribution >= 4 is 5.91 Å². The number of aromatic hydroxyl groups is 1. The Hall–Kier alpha value is -1.55. The number of rotatable bonds is 4. The Bertz CT molecular complexity index is 417. The van der Waals surface area contributed by atoms with Crippen LogP contribution < -0.4 is 11.1 Å². The zero-order chi connectivity index (χ0) is 13.7. The highest BCUT2D eigenvalue weighted by molar-refractivity contribution is 5.79. The number of nitrogens with one attached hydrogen (secondary N) is 1. The highest BCUT2D eigenvalue weighted by Crippen LogP contribution is 2.29. The molecule has 0 spiro atoms. The summed E-state index contributed by atoms with van der Waals surface area (Å²) in [7, 11) is 0. The minimum Gasteiger partial charge on any atom is -0.508 e. The molecule has 0 aromatic heterocycles. The molecule has 0 aliphatic heterocycles. The molecule has 2 unspecified atom stereocenters. The van der Waals surface area contributed by atoms with E-state index >= 15 is 0 Å². The molecule has 1 aliphatic carbocycles. The number of amides is 1. The predicted octanol–water partition coefficient (Wildman–Crippen LogP) is 1.77. The topological polar surface area (TPSA) is 75.4 Å². The summed E-state index contributed by atoms with van der Waals surface area (Å²) in [6.45, 7) is 1.10. The first-order valence-corrected chi connectivity index (χ1v) is 6.96. The van der Waals surface area contributed by atoms with Crippen molar-refractivity contribution in [3.8, 4) is 5.75 Å². The van der Waals surface area contributed by atoms with Crippen molar-refractivity contribution in [2.75, 3.05) is 6.54 Å². The number of nitrogens with two attached hydrogens (primary N) is 1. The third kappa shape index (κ3) is 3.70. The molecule has 0 radical (unpaired) electrons. The van der Waals surface area contributed by atoms with Gasteiger partial charge in [-0.1, -0.05) is 25.0 Å². The van der Waals surface area contributed by atoms with Gasteiger partial charge in [0.2, 0.25) is 5.91 Å². The zero-order valence-electron chi connectivity index (χ0n) is 11.1. The van der Waals surface area contributed by atoms with Crippen LogP contribution in [0, 0.1) is 11.8 Å². The number of hydrogen-bond acceptors (Lipinski definition) is 3. The maximum Gasteiger partial charge on any atom is 0.223 e. The second kappa shape index (κ2) is 6.57. The Morgan fingerprint density at radius 2 is 1.95 bits per heavy atom. The first-order valence-electron chi connectivity index (χ1n) is 6.96. The minimum absolute atomic E-state index is 0.0656. The molecule has 1 aliphatic rings. The SMILES string of the molecule is NCC1CCCCC1C(=O)NCc1ccc(O)cc1. The molecule has 0 heterocycles. The Balaban J connectivity index is 1.87. The second-order valence-corrected chi connectivity index (χ2v) is 5.27. The molecular weight excluding hydrogens is 240 g/mol. The van der Waals surface area contributed by atoms with E-state index in [4.69, 9.17) is 5.73 Å². The van der Waals surface area contributed by atoms with Gasteiger partial charge in [-0.05, 0) is 43.0 Å². The van der Waals surface area contributed by atoms with Gasteiger partial charge in [-0.3, -0.25) is 4.79 Å². The summed E-state index contributed by atoms with van der Waals surface area (Å²) in [6.07, 6.45) is 4.31. The van der Waals surface area contributed by atoms with Gasteiger partial charge in [0.25, 0.3) is 0 Å². The van der Waals surface area contributed by atoms with Crippen LogP contribution in [-0.2, 0) is 11.3 Å². The molecule has 1 fully saturated rings. The summed E-state index contributed by atoms with van der Waals surface area (Å²) in [4.78, 5) is 12.2. The summed E-state index contributed by atoms with van der Waals surface area (Å²) >= 11 is 0. The third-order valence-electron chi connectivity index (χ3n) is 3.95. The Morgan fingerprint density at radius 3 is 2.63 bits per heavy atom. The standard InChI is InChI=1S/C15H22N2O2/c16-9-12-3-1-2-4-14(12)15(19)17-10-11-5-7-13(18)8-6-11/h5-8,12,14,18H,1-4,9-10,16H2,(H,17,19). The van der Waals surface area contributed by atoms with Crippen LogP contribution in [0.15, 0.2) is 24.3 Å². The predicted molar refractivity (Wildman–Crippen MR) is 74.5 cm³/mol. The van der Waals surface area contributed by atoms with Crippen molar-refractivity contribution in [3.05, 3.63) is 29.8 Å². The van der Waals surface area contributed by atoms with E-state index in [0.717, 1.165) is 24.8 Å². The van der Waals surface area contributed by atoms with Crippen molar-refractivity contribution in [1.29, 1.82) is 0 Å². The van der Waals surface area contributed by atoms with E-state index in [1.807, 2.05) is 12.1 Å². The molecule has 0 saturated heterocycles. The van der Waals surface area contributed by atoms with Crippen LogP contribution in [0.4, 0.5) is 0 Å². The van der Waals surface area contributed by atoms with Crippen molar-refractivity contribution in [1.82, 2.24) is 5.32 Å². The number of carbonyl (C=O) groups excluding carboxylic acids is 1. The lowest BCUT2D eigenvalue weighted by atomic mass is 9.79. The molecule has 2 rings (SSSR count). The monoisotopic (exact) mass is 262 g/mol. The fourth-order valence-electron chi connectivity index (χ4n) is 2.77. The second-order valence-electron chi connectivity index (χ2n) is 5.27. The molecule has 0 bridgehead atoms. The largest absolute Gasteiger partial charge is 0.508 e. The van der Waals surface area contributed by atoms with E-state index in [-0.39, 0.29) is 17.6 Å². The van der Waals surface area contributed by atoms with Gasteiger partial charge in [0.15, 0.2) is 0 Å². The maximum absolute atomic E-state index is 12.2. The van der Waals surface area contributed by atoms with E-state index in [2.05, 4.69) is 5.32 Å². The molecular formula is C15H22N2O2. The highest BCUT2D eigenvalue weighted by Gasteiger charge is 2.29. The van der Waals surface area contributed by atoms with Crippen LogP contribution in [-0.4, -0.2) is 17.6 Å². The van der Waals surface area contributed by atoms with Crippen molar-refractivity contribution in [3.63, 3.8) is 0 Å². The molecule has 4 N–H and O–H groups in total. The molecule has 1 saturated carbocycles. The molecule has 1 aromatic carbocycles. The molecule has 1 aromatic rings. The molecule has 104 valence electrons. The number of phenolic OH excluding ortho intramolecular Hbond substituents is 1. The van der Waals surface area contributed by atoms with Gasteiger partial charge in [-0.2, -0.15) is 0 Å². The first-order chi connectivity index (χ1) is 9.20. The van der Waals surface area contributed by atoms with Gasteiger partial charge in [0.1, 0.15) is 5.75 Å². The van der Waals surface area contributed by atoms with Gasteiger partial charge >= 0.3 is 0 Å². The lowest BCUT2D eigenvalue weighted by Gasteiger charge is -2.29. The van der Waals surface area contributed by atoms with E-state index in [1.54, 1.807) is 12.1 Å². The minimum atomic E-state index is 0.0656. The van der Waals surface area contributed by atoms with Gasteiger partial charge in [-0.25, -0.2) is 0 Å². The Labute approximate surface area is 114 Å². The van der Waals surface area contributed by atoms with Crippen LogP contribution in [0.25, 0.3) is 0 Å². The Kier molecular flexibility index (Phi) is 4.80.